The Labute approximate surface area is 187 Å². The van der Waals surface area contributed by atoms with Crippen molar-refractivity contribution in [1.82, 2.24) is 13.8 Å². The lowest BCUT2D eigenvalue weighted by Gasteiger charge is -2.33. The van der Waals surface area contributed by atoms with Crippen LogP contribution in [0.3, 0.4) is 0 Å². The maximum Gasteiger partial charge on any atom is 0.252 e. The summed E-state index contributed by atoms with van der Waals surface area (Å²) in [5, 5.41) is 1.77. The molecule has 2 aromatic heterocycles. The molecule has 1 aliphatic heterocycles. The molecule has 0 radical (unpaired) electrons. The Balaban J connectivity index is 1.39. The molecule has 0 aliphatic carbocycles. The Kier molecular flexibility index (Phi) is 6.43. The van der Waals surface area contributed by atoms with Gasteiger partial charge >= 0.3 is 0 Å². The van der Waals surface area contributed by atoms with Gasteiger partial charge in [0.1, 0.15) is 4.21 Å². The minimum Gasteiger partial charge on any atom is -0.344 e. The molecule has 6 nitrogen and oxygen atoms in total. The van der Waals surface area contributed by atoms with E-state index in [0.717, 1.165) is 23.5 Å². The van der Waals surface area contributed by atoms with Crippen molar-refractivity contribution in [3.63, 3.8) is 0 Å². The van der Waals surface area contributed by atoms with Gasteiger partial charge in [-0.15, -0.1) is 11.3 Å². The summed E-state index contributed by atoms with van der Waals surface area (Å²) in [5.41, 5.74) is 4.00. The molecular formula is C23H27N3O3S2. The van der Waals surface area contributed by atoms with Gasteiger partial charge < -0.3 is 4.57 Å². The average molecular weight is 458 g/mol. The van der Waals surface area contributed by atoms with E-state index in [9.17, 15) is 13.2 Å². The minimum atomic E-state index is -3.42. The topological polar surface area (TPSA) is 62.6 Å². The predicted molar refractivity (Wildman–Crippen MR) is 123 cm³/mol. The molecule has 31 heavy (non-hydrogen) atoms. The smallest absolute Gasteiger partial charge is 0.252 e. The van der Waals surface area contributed by atoms with Crippen LogP contribution in [0.4, 0.5) is 0 Å². The third kappa shape index (κ3) is 4.67. The highest BCUT2D eigenvalue weighted by Gasteiger charge is 2.30. The largest absolute Gasteiger partial charge is 0.344 e. The van der Waals surface area contributed by atoms with Gasteiger partial charge in [-0.2, -0.15) is 4.31 Å². The highest BCUT2D eigenvalue weighted by molar-refractivity contribution is 7.91. The van der Waals surface area contributed by atoms with E-state index in [2.05, 4.69) is 16.7 Å². The fraction of sp³-hybridized carbons (Fsp3) is 0.348. The number of ketones is 1. The van der Waals surface area contributed by atoms with Crippen molar-refractivity contribution in [3.8, 4) is 0 Å². The number of nitrogens with zero attached hydrogens (tertiary/aromatic N) is 3. The number of carbonyl (C=O) groups is 1. The quantitative estimate of drug-likeness (QED) is 0.510. The number of aryl methyl sites for hydroxylation is 1. The summed E-state index contributed by atoms with van der Waals surface area (Å²) < 4.78 is 29.4. The summed E-state index contributed by atoms with van der Waals surface area (Å²) >= 11 is 1.24. The Hall–Kier alpha value is -2.26. The summed E-state index contributed by atoms with van der Waals surface area (Å²) in [6, 6.07) is 15.6. The van der Waals surface area contributed by atoms with Crippen molar-refractivity contribution in [2.45, 2.75) is 24.6 Å². The molecule has 4 rings (SSSR count). The average Bonchev–Trinajstić information content (AvgIpc) is 3.40. The van der Waals surface area contributed by atoms with E-state index in [1.54, 1.807) is 17.5 Å². The van der Waals surface area contributed by atoms with Crippen LogP contribution >= 0.6 is 11.3 Å². The van der Waals surface area contributed by atoms with Gasteiger partial charge in [0.15, 0.2) is 5.78 Å². The molecule has 1 aromatic carbocycles. The summed E-state index contributed by atoms with van der Waals surface area (Å²) in [7, 11) is -3.42. The van der Waals surface area contributed by atoms with Gasteiger partial charge in [0.25, 0.3) is 10.0 Å². The van der Waals surface area contributed by atoms with Gasteiger partial charge in [0, 0.05) is 49.7 Å². The van der Waals surface area contributed by atoms with Crippen LogP contribution < -0.4 is 0 Å². The molecule has 0 saturated carbocycles. The fourth-order valence-corrected chi connectivity index (χ4v) is 6.61. The molecule has 164 valence electrons. The summed E-state index contributed by atoms with van der Waals surface area (Å²) in [5.74, 6) is 0.0852. The first-order valence-corrected chi connectivity index (χ1v) is 12.7. The second kappa shape index (κ2) is 9.08. The van der Waals surface area contributed by atoms with Gasteiger partial charge in [-0.1, -0.05) is 36.4 Å². The zero-order chi connectivity index (χ0) is 22.0. The van der Waals surface area contributed by atoms with Crippen molar-refractivity contribution < 1.29 is 13.2 Å². The SMILES string of the molecule is Cc1cc(C(=O)CN2CCN(S(=O)(=O)c3cccs3)CC2)c(C)n1Cc1ccccc1. The van der Waals surface area contributed by atoms with Crippen molar-refractivity contribution in [1.29, 1.82) is 0 Å². The molecule has 3 heterocycles. The first kappa shape index (κ1) is 22.0. The molecule has 0 N–H and O–H groups in total. The van der Waals surface area contributed by atoms with Crippen LogP contribution in [0.25, 0.3) is 0 Å². The molecular weight excluding hydrogens is 430 g/mol. The van der Waals surface area contributed by atoms with Crippen LogP contribution in [0.2, 0.25) is 0 Å². The van der Waals surface area contributed by atoms with Crippen molar-refractivity contribution in [2.75, 3.05) is 32.7 Å². The number of rotatable bonds is 7. The number of aromatic nitrogens is 1. The molecule has 3 aromatic rings. The van der Waals surface area contributed by atoms with Crippen LogP contribution in [-0.4, -0.2) is 60.7 Å². The standard InChI is InChI=1S/C23H27N3O3S2/c1-18-15-21(19(2)26(18)16-20-7-4-3-5-8-20)22(27)17-24-10-12-25(13-11-24)31(28,29)23-9-6-14-30-23/h3-9,14-15H,10-13,16-17H2,1-2H3. The number of piperazine rings is 1. The third-order valence-electron chi connectivity index (χ3n) is 5.85. The van der Waals surface area contributed by atoms with E-state index in [1.807, 2.05) is 43.0 Å². The number of Topliss-reactive ketones (excluding diaryl/α,β-unsaturated/α-hetero) is 1. The number of benzene rings is 1. The van der Waals surface area contributed by atoms with E-state index in [0.29, 0.717) is 36.9 Å². The van der Waals surface area contributed by atoms with E-state index in [1.165, 1.54) is 21.2 Å². The highest BCUT2D eigenvalue weighted by Crippen LogP contribution is 2.23. The Morgan fingerprint density at radius 3 is 2.35 bits per heavy atom. The van der Waals surface area contributed by atoms with Gasteiger partial charge in [0.05, 0.1) is 6.54 Å². The van der Waals surface area contributed by atoms with E-state index in [4.69, 9.17) is 0 Å². The van der Waals surface area contributed by atoms with Crippen LogP contribution in [0, 0.1) is 13.8 Å². The van der Waals surface area contributed by atoms with E-state index < -0.39 is 10.0 Å². The Bertz CT molecular complexity index is 1140. The first-order chi connectivity index (χ1) is 14.9. The van der Waals surface area contributed by atoms with Crippen molar-refractivity contribution >= 4 is 27.1 Å². The monoisotopic (exact) mass is 457 g/mol. The van der Waals surface area contributed by atoms with Crippen LogP contribution in [-0.2, 0) is 16.6 Å². The number of thiophene rings is 1. The number of hydrogen-bond acceptors (Lipinski definition) is 5. The van der Waals surface area contributed by atoms with Crippen LogP contribution in [0.15, 0.2) is 58.1 Å². The molecule has 1 saturated heterocycles. The fourth-order valence-electron chi connectivity index (χ4n) is 4.05. The molecule has 0 atom stereocenters. The summed E-state index contributed by atoms with van der Waals surface area (Å²) in [4.78, 5) is 15.1. The minimum absolute atomic E-state index is 0.0852. The maximum absolute atomic E-state index is 13.0. The van der Waals surface area contributed by atoms with Gasteiger partial charge in [-0.25, -0.2) is 8.42 Å². The molecule has 1 fully saturated rings. The Morgan fingerprint density at radius 1 is 1.00 bits per heavy atom. The molecule has 0 bridgehead atoms. The highest BCUT2D eigenvalue weighted by atomic mass is 32.2. The van der Waals surface area contributed by atoms with Gasteiger partial charge in [0.2, 0.25) is 0 Å². The normalized spacial score (nSPS) is 15.9. The zero-order valence-electron chi connectivity index (χ0n) is 17.8. The van der Waals surface area contributed by atoms with Crippen molar-refractivity contribution in [2.24, 2.45) is 0 Å². The lowest BCUT2D eigenvalue weighted by molar-refractivity contribution is 0.0901. The first-order valence-electron chi connectivity index (χ1n) is 10.4. The van der Waals surface area contributed by atoms with E-state index >= 15 is 0 Å². The molecule has 0 spiro atoms. The zero-order valence-corrected chi connectivity index (χ0v) is 19.5. The molecule has 0 amide bonds. The van der Waals surface area contributed by atoms with Gasteiger partial charge in [-0.05, 0) is 36.9 Å². The molecule has 1 aliphatic rings. The second-order valence-electron chi connectivity index (χ2n) is 7.89. The predicted octanol–water partition coefficient (Wildman–Crippen LogP) is 3.40. The third-order valence-corrected chi connectivity index (χ3v) is 9.12. The Morgan fingerprint density at radius 2 is 1.71 bits per heavy atom. The second-order valence-corrected chi connectivity index (χ2v) is 11.0. The summed E-state index contributed by atoms with van der Waals surface area (Å²) in [6.07, 6.45) is 0. The van der Waals surface area contributed by atoms with Crippen molar-refractivity contribution in [3.05, 3.63) is 76.4 Å². The van der Waals surface area contributed by atoms with Crippen LogP contribution in [0.5, 0.6) is 0 Å². The number of sulfonamides is 1. The summed E-state index contributed by atoms with van der Waals surface area (Å²) in [6.45, 7) is 6.99. The number of carbonyl (C=O) groups excluding carboxylic acids is 1. The molecule has 8 heteroatoms. The van der Waals surface area contributed by atoms with Crippen LogP contribution in [0.1, 0.15) is 27.3 Å². The maximum atomic E-state index is 13.0. The van der Waals surface area contributed by atoms with E-state index in [-0.39, 0.29) is 5.78 Å². The lowest BCUT2D eigenvalue weighted by atomic mass is 10.1. The molecule has 0 unspecified atom stereocenters. The lowest BCUT2D eigenvalue weighted by Crippen LogP contribution is -2.49. The number of hydrogen-bond donors (Lipinski definition) is 0. The van der Waals surface area contributed by atoms with Gasteiger partial charge in [-0.3, -0.25) is 9.69 Å².